The van der Waals surface area contributed by atoms with Crippen molar-refractivity contribution in [1.29, 1.82) is 0 Å². The summed E-state index contributed by atoms with van der Waals surface area (Å²) in [6.07, 6.45) is -7.29. The van der Waals surface area contributed by atoms with Crippen molar-refractivity contribution >= 4 is 18.0 Å². The summed E-state index contributed by atoms with van der Waals surface area (Å²) in [5.41, 5.74) is 4.01. The Labute approximate surface area is 200 Å². The van der Waals surface area contributed by atoms with Gasteiger partial charge in [-0.15, -0.1) is 0 Å². The van der Waals surface area contributed by atoms with Gasteiger partial charge in [0.05, 0.1) is 6.42 Å². The Kier molecular flexibility index (Phi) is 8.00. The number of carbonyl (C=O) groups excluding carboxylic acids is 2. The summed E-state index contributed by atoms with van der Waals surface area (Å²) in [6, 6.07) is 11.4. The normalized spacial score (nSPS) is 14.6. The van der Waals surface area contributed by atoms with Crippen molar-refractivity contribution in [2.75, 3.05) is 27.2 Å². The zero-order valence-electron chi connectivity index (χ0n) is 19.1. The van der Waals surface area contributed by atoms with Gasteiger partial charge in [-0.05, 0) is 36.3 Å². The second kappa shape index (κ2) is 10.8. The number of carboxylic acid groups (broad SMARTS) is 1. The molecule has 0 bridgehead atoms. The number of amides is 2. The number of halogens is 3. The number of rotatable bonds is 9. The number of hydrogen-bond acceptors (Lipinski definition) is 5. The van der Waals surface area contributed by atoms with Crippen LogP contribution in [0.2, 0.25) is 0 Å². The molecule has 35 heavy (non-hydrogen) atoms. The Morgan fingerprint density at radius 3 is 2.03 bits per heavy atom. The first-order valence-electron chi connectivity index (χ1n) is 10.8. The maximum atomic E-state index is 13.2. The quantitative estimate of drug-likeness (QED) is 0.496. The minimum atomic E-state index is -4.97. The van der Waals surface area contributed by atoms with Gasteiger partial charge in [-0.2, -0.15) is 13.2 Å². The molecular formula is C24H26F3N3O5. The molecule has 1 aliphatic rings. The molecule has 0 heterocycles. The average Bonchev–Trinajstić information content (AvgIpc) is 3.09. The van der Waals surface area contributed by atoms with Gasteiger partial charge in [-0.3, -0.25) is 9.59 Å². The summed E-state index contributed by atoms with van der Waals surface area (Å²) in [7, 11) is 3.14. The van der Waals surface area contributed by atoms with Crippen molar-refractivity contribution < 1.29 is 37.4 Å². The first-order chi connectivity index (χ1) is 16.5. The van der Waals surface area contributed by atoms with Crippen LogP contribution in [-0.2, 0) is 14.3 Å². The van der Waals surface area contributed by atoms with E-state index in [4.69, 9.17) is 9.84 Å². The summed E-state index contributed by atoms with van der Waals surface area (Å²) in [4.78, 5) is 37.4. The number of nitrogens with one attached hydrogen (secondary N) is 2. The van der Waals surface area contributed by atoms with Gasteiger partial charge in [-0.25, -0.2) is 4.79 Å². The maximum Gasteiger partial charge on any atom is 0.409 e. The van der Waals surface area contributed by atoms with E-state index in [1.807, 2.05) is 48.5 Å². The van der Waals surface area contributed by atoms with Crippen LogP contribution in [-0.4, -0.2) is 73.5 Å². The summed E-state index contributed by atoms with van der Waals surface area (Å²) >= 11 is 0. The van der Waals surface area contributed by atoms with Crippen molar-refractivity contribution in [3.05, 3.63) is 59.7 Å². The lowest BCUT2D eigenvalue weighted by Crippen LogP contribution is -2.56. The van der Waals surface area contributed by atoms with Crippen molar-refractivity contribution in [2.45, 2.75) is 30.6 Å². The summed E-state index contributed by atoms with van der Waals surface area (Å²) in [6.45, 7) is -0.173. The van der Waals surface area contributed by atoms with Gasteiger partial charge in [-0.1, -0.05) is 48.5 Å². The molecular weight excluding hydrogens is 467 g/mol. The van der Waals surface area contributed by atoms with Crippen LogP contribution in [0.5, 0.6) is 0 Å². The van der Waals surface area contributed by atoms with E-state index in [2.05, 4.69) is 5.32 Å². The second-order valence-electron chi connectivity index (χ2n) is 8.49. The number of hydrogen-bond donors (Lipinski definition) is 3. The predicted octanol–water partition coefficient (Wildman–Crippen LogP) is 2.98. The summed E-state index contributed by atoms with van der Waals surface area (Å²) < 4.78 is 44.9. The van der Waals surface area contributed by atoms with Crippen molar-refractivity contribution in [1.82, 2.24) is 15.5 Å². The van der Waals surface area contributed by atoms with Crippen molar-refractivity contribution in [3.63, 3.8) is 0 Å². The van der Waals surface area contributed by atoms with E-state index in [-0.39, 0.29) is 19.1 Å². The highest BCUT2D eigenvalue weighted by molar-refractivity contribution is 5.86. The van der Waals surface area contributed by atoms with E-state index in [1.54, 1.807) is 19.4 Å². The molecule has 3 rings (SSSR count). The molecule has 2 aromatic carbocycles. The Hall–Kier alpha value is -3.60. The summed E-state index contributed by atoms with van der Waals surface area (Å²) in [5, 5.41) is 12.7. The van der Waals surface area contributed by atoms with E-state index in [1.165, 1.54) is 4.90 Å². The van der Waals surface area contributed by atoms with Gasteiger partial charge in [0.25, 0.3) is 0 Å². The van der Waals surface area contributed by atoms with Crippen LogP contribution in [0.25, 0.3) is 11.1 Å². The zero-order chi connectivity index (χ0) is 25.8. The molecule has 3 N–H and O–H groups in total. The number of fused-ring (bicyclic) bond motifs is 3. The molecule has 0 saturated heterocycles. The first-order valence-corrected chi connectivity index (χ1v) is 10.8. The lowest BCUT2D eigenvalue weighted by Gasteiger charge is -2.26. The molecule has 0 aromatic heterocycles. The highest BCUT2D eigenvalue weighted by Crippen LogP contribution is 2.44. The highest BCUT2D eigenvalue weighted by atomic mass is 19.4. The van der Waals surface area contributed by atoms with Gasteiger partial charge in [0.2, 0.25) is 5.91 Å². The second-order valence-corrected chi connectivity index (χ2v) is 8.49. The Morgan fingerprint density at radius 1 is 1.00 bits per heavy atom. The van der Waals surface area contributed by atoms with Crippen LogP contribution < -0.4 is 10.6 Å². The molecule has 2 atom stereocenters. The number of ether oxygens (including phenoxy) is 1. The SMILES string of the molecule is CN(C)CC(NC(=O)OCC1c2ccccc2-c2ccccc21)C(=O)NC(CC(=O)O)C(F)(F)F. The van der Waals surface area contributed by atoms with Crippen LogP contribution in [0.4, 0.5) is 18.0 Å². The van der Waals surface area contributed by atoms with E-state index >= 15 is 0 Å². The minimum absolute atomic E-state index is 0.0413. The first kappa shape index (κ1) is 26.0. The number of carbonyl (C=O) groups is 3. The van der Waals surface area contributed by atoms with Crippen LogP contribution in [0.15, 0.2) is 48.5 Å². The third-order valence-corrected chi connectivity index (χ3v) is 5.59. The fraction of sp³-hybridized carbons (Fsp3) is 0.375. The number of aliphatic carboxylic acids is 1. The molecule has 0 aliphatic heterocycles. The van der Waals surface area contributed by atoms with Gasteiger partial charge in [0, 0.05) is 12.5 Å². The topological polar surface area (TPSA) is 108 Å². The van der Waals surface area contributed by atoms with Crippen LogP contribution >= 0.6 is 0 Å². The molecule has 2 amide bonds. The zero-order valence-corrected chi connectivity index (χ0v) is 19.1. The lowest BCUT2D eigenvalue weighted by molar-refractivity contribution is -0.170. The fourth-order valence-electron chi connectivity index (χ4n) is 4.04. The molecule has 2 unspecified atom stereocenters. The van der Waals surface area contributed by atoms with Crippen LogP contribution in [0, 0.1) is 0 Å². The van der Waals surface area contributed by atoms with E-state index in [9.17, 15) is 27.6 Å². The molecule has 2 aromatic rings. The lowest BCUT2D eigenvalue weighted by atomic mass is 9.98. The van der Waals surface area contributed by atoms with Crippen LogP contribution in [0.3, 0.4) is 0 Å². The molecule has 8 nitrogen and oxygen atoms in total. The number of likely N-dealkylation sites (N-methyl/N-ethyl adjacent to an activating group) is 1. The molecule has 1 aliphatic carbocycles. The average molecular weight is 493 g/mol. The van der Waals surface area contributed by atoms with Crippen molar-refractivity contribution in [3.8, 4) is 11.1 Å². The number of nitrogens with zero attached hydrogens (tertiary/aromatic N) is 1. The molecule has 11 heteroatoms. The molecule has 0 saturated carbocycles. The van der Waals surface area contributed by atoms with Gasteiger partial charge >= 0.3 is 18.2 Å². The molecule has 188 valence electrons. The third-order valence-electron chi connectivity index (χ3n) is 5.59. The fourth-order valence-corrected chi connectivity index (χ4v) is 4.04. The minimum Gasteiger partial charge on any atom is -0.481 e. The van der Waals surface area contributed by atoms with Crippen LogP contribution in [0.1, 0.15) is 23.5 Å². The number of benzene rings is 2. The molecule has 0 spiro atoms. The Bertz CT molecular complexity index is 1040. The van der Waals surface area contributed by atoms with E-state index < -0.39 is 42.7 Å². The number of carboxylic acids is 1. The Balaban J connectivity index is 1.68. The number of alkyl halides is 3. The standard InChI is InChI=1S/C24H26F3N3O5/c1-30(2)12-19(22(33)29-20(11-21(31)32)24(25,26)27)28-23(34)35-13-18-16-9-5-3-7-14(16)15-8-4-6-10-17(15)18/h3-10,18-20H,11-13H2,1-2H3,(H,28,34)(H,29,33)(H,31,32). The van der Waals surface area contributed by atoms with Crippen molar-refractivity contribution in [2.24, 2.45) is 0 Å². The smallest absolute Gasteiger partial charge is 0.409 e. The third kappa shape index (κ3) is 6.50. The maximum absolute atomic E-state index is 13.2. The summed E-state index contributed by atoms with van der Waals surface area (Å²) in [5.74, 6) is -3.13. The Morgan fingerprint density at radius 2 is 1.54 bits per heavy atom. The van der Waals surface area contributed by atoms with Gasteiger partial charge < -0.3 is 25.4 Å². The van der Waals surface area contributed by atoms with Gasteiger partial charge in [0.1, 0.15) is 18.7 Å². The van der Waals surface area contributed by atoms with E-state index in [0.717, 1.165) is 22.3 Å². The molecule has 0 radical (unpaired) electrons. The largest absolute Gasteiger partial charge is 0.481 e. The predicted molar refractivity (Wildman–Crippen MR) is 121 cm³/mol. The number of alkyl carbamates (subject to hydrolysis) is 1. The monoisotopic (exact) mass is 493 g/mol. The highest BCUT2D eigenvalue weighted by Gasteiger charge is 2.43. The van der Waals surface area contributed by atoms with E-state index in [0.29, 0.717) is 0 Å². The van der Waals surface area contributed by atoms with Gasteiger partial charge in [0.15, 0.2) is 0 Å². The molecule has 0 fully saturated rings.